The van der Waals surface area contributed by atoms with Crippen LogP contribution in [0.1, 0.15) is 36.6 Å². The smallest absolute Gasteiger partial charge is 0.244 e. The lowest BCUT2D eigenvalue weighted by atomic mass is 10.00. The molecular formula is C20H25ClN2O3S. The zero-order valence-electron chi connectivity index (χ0n) is 16.2. The summed E-state index contributed by atoms with van der Waals surface area (Å²) in [4.78, 5) is 12.8. The zero-order valence-corrected chi connectivity index (χ0v) is 17.7. The van der Waals surface area contributed by atoms with Gasteiger partial charge in [-0.25, -0.2) is 8.42 Å². The fraction of sp³-hybridized carbons (Fsp3) is 0.350. The monoisotopic (exact) mass is 408 g/mol. The molecule has 0 heterocycles. The second-order valence-electron chi connectivity index (χ2n) is 6.80. The molecule has 2 rings (SSSR count). The Morgan fingerprint density at radius 2 is 1.67 bits per heavy atom. The second kappa shape index (κ2) is 8.31. The van der Waals surface area contributed by atoms with Crippen molar-refractivity contribution in [3.05, 3.63) is 64.2 Å². The van der Waals surface area contributed by atoms with Crippen LogP contribution in [0.4, 0.5) is 5.69 Å². The Balaban J connectivity index is 2.25. The number of nitrogens with zero attached hydrogens (tertiary/aromatic N) is 1. The van der Waals surface area contributed by atoms with E-state index >= 15 is 0 Å². The number of sulfonamides is 1. The molecule has 146 valence electrons. The summed E-state index contributed by atoms with van der Waals surface area (Å²) in [6.07, 6.45) is 1.08. The molecule has 0 radical (unpaired) electrons. The average Bonchev–Trinajstić information content (AvgIpc) is 2.55. The number of rotatable bonds is 6. The molecule has 0 saturated carbocycles. The van der Waals surface area contributed by atoms with Crippen LogP contribution in [-0.4, -0.2) is 26.6 Å². The van der Waals surface area contributed by atoms with Crippen molar-refractivity contribution in [2.45, 2.75) is 39.8 Å². The number of hydrogen-bond acceptors (Lipinski definition) is 3. The third-order valence-electron chi connectivity index (χ3n) is 4.42. The fourth-order valence-corrected chi connectivity index (χ4v) is 4.42. The standard InChI is InChI=1S/C20H25ClN2O3S/c1-13-6-11-19(14(2)12-13)15(3)22-20(24)16(4)23(27(5,25)26)18-9-7-17(21)8-10-18/h6-12,15-16H,1-5H3,(H,22,24)/t15-,16-/m0/s1. The fourth-order valence-electron chi connectivity index (χ4n) is 3.12. The number of carbonyl (C=O) groups excluding carboxylic acids is 1. The Hall–Kier alpha value is -2.05. The van der Waals surface area contributed by atoms with Gasteiger partial charge in [0.05, 0.1) is 18.0 Å². The van der Waals surface area contributed by atoms with Crippen molar-refractivity contribution in [1.82, 2.24) is 5.32 Å². The highest BCUT2D eigenvalue weighted by molar-refractivity contribution is 7.92. The highest BCUT2D eigenvalue weighted by Crippen LogP contribution is 2.24. The SMILES string of the molecule is Cc1ccc([C@H](C)NC(=O)[C@H](C)N(c2ccc(Cl)cc2)S(C)(=O)=O)c(C)c1. The number of benzene rings is 2. The summed E-state index contributed by atoms with van der Waals surface area (Å²) in [5.41, 5.74) is 3.62. The largest absolute Gasteiger partial charge is 0.348 e. The van der Waals surface area contributed by atoms with Crippen molar-refractivity contribution >= 4 is 33.2 Å². The van der Waals surface area contributed by atoms with Crippen molar-refractivity contribution < 1.29 is 13.2 Å². The summed E-state index contributed by atoms with van der Waals surface area (Å²) in [5.74, 6) is -0.372. The maximum absolute atomic E-state index is 12.8. The van der Waals surface area contributed by atoms with Gasteiger partial charge >= 0.3 is 0 Å². The topological polar surface area (TPSA) is 66.5 Å². The van der Waals surface area contributed by atoms with Crippen molar-refractivity contribution in [2.24, 2.45) is 0 Å². The van der Waals surface area contributed by atoms with Crippen LogP contribution >= 0.6 is 11.6 Å². The third-order valence-corrected chi connectivity index (χ3v) is 5.91. The molecule has 2 aromatic rings. The number of halogens is 1. The molecule has 2 atom stereocenters. The van der Waals surface area contributed by atoms with Gasteiger partial charge in [0, 0.05) is 5.02 Å². The van der Waals surface area contributed by atoms with E-state index in [1.54, 1.807) is 31.2 Å². The quantitative estimate of drug-likeness (QED) is 0.785. The predicted molar refractivity (Wildman–Crippen MR) is 111 cm³/mol. The third kappa shape index (κ3) is 5.23. The van der Waals surface area contributed by atoms with E-state index in [2.05, 4.69) is 11.4 Å². The van der Waals surface area contributed by atoms with Crippen LogP contribution in [0.3, 0.4) is 0 Å². The lowest BCUT2D eigenvalue weighted by molar-refractivity contribution is -0.122. The van der Waals surface area contributed by atoms with E-state index < -0.39 is 16.1 Å². The van der Waals surface area contributed by atoms with E-state index in [0.717, 1.165) is 27.3 Å². The van der Waals surface area contributed by atoms with Gasteiger partial charge < -0.3 is 5.32 Å². The molecule has 0 saturated heterocycles. The molecule has 27 heavy (non-hydrogen) atoms. The number of aryl methyl sites for hydroxylation is 2. The Morgan fingerprint density at radius 1 is 1.07 bits per heavy atom. The molecule has 0 spiro atoms. The van der Waals surface area contributed by atoms with Gasteiger partial charge in [-0.15, -0.1) is 0 Å². The van der Waals surface area contributed by atoms with Gasteiger partial charge in [-0.05, 0) is 63.1 Å². The van der Waals surface area contributed by atoms with Crippen molar-refractivity contribution in [2.75, 3.05) is 10.6 Å². The van der Waals surface area contributed by atoms with Gasteiger partial charge in [-0.2, -0.15) is 0 Å². The number of amides is 1. The summed E-state index contributed by atoms with van der Waals surface area (Å²) < 4.78 is 25.8. The Kier molecular flexibility index (Phi) is 6.54. The summed E-state index contributed by atoms with van der Waals surface area (Å²) in [7, 11) is -3.66. The minimum absolute atomic E-state index is 0.243. The maximum Gasteiger partial charge on any atom is 0.244 e. The second-order valence-corrected chi connectivity index (χ2v) is 9.10. The molecule has 2 aromatic carbocycles. The highest BCUT2D eigenvalue weighted by Gasteiger charge is 2.30. The first kappa shape index (κ1) is 21.3. The average molecular weight is 409 g/mol. The van der Waals surface area contributed by atoms with Gasteiger partial charge in [0.1, 0.15) is 6.04 Å². The number of anilines is 1. The van der Waals surface area contributed by atoms with Gasteiger partial charge in [-0.1, -0.05) is 35.4 Å². The molecule has 5 nitrogen and oxygen atoms in total. The van der Waals surface area contributed by atoms with Crippen LogP contribution in [0.2, 0.25) is 5.02 Å². The van der Waals surface area contributed by atoms with Gasteiger partial charge in [0.2, 0.25) is 15.9 Å². The minimum Gasteiger partial charge on any atom is -0.348 e. The number of carbonyl (C=O) groups is 1. The lowest BCUT2D eigenvalue weighted by Crippen LogP contribution is -2.48. The van der Waals surface area contributed by atoms with Gasteiger partial charge in [0.15, 0.2) is 0 Å². The Labute approximate surface area is 166 Å². The van der Waals surface area contributed by atoms with E-state index in [1.165, 1.54) is 0 Å². The van der Waals surface area contributed by atoms with Gasteiger partial charge in [0.25, 0.3) is 0 Å². The molecule has 0 aliphatic carbocycles. The summed E-state index contributed by atoms with van der Waals surface area (Å²) in [5, 5.41) is 3.41. The molecule has 0 aliphatic heterocycles. The molecule has 0 fully saturated rings. The maximum atomic E-state index is 12.8. The van der Waals surface area contributed by atoms with E-state index in [1.807, 2.05) is 32.9 Å². The van der Waals surface area contributed by atoms with Crippen LogP contribution < -0.4 is 9.62 Å². The van der Waals surface area contributed by atoms with Gasteiger partial charge in [-0.3, -0.25) is 9.10 Å². The first-order valence-corrected chi connectivity index (χ1v) is 10.9. The van der Waals surface area contributed by atoms with E-state index in [-0.39, 0.29) is 11.9 Å². The van der Waals surface area contributed by atoms with Crippen molar-refractivity contribution in [1.29, 1.82) is 0 Å². The van der Waals surface area contributed by atoms with Crippen molar-refractivity contribution in [3.63, 3.8) is 0 Å². The number of hydrogen-bond donors (Lipinski definition) is 1. The lowest BCUT2D eigenvalue weighted by Gasteiger charge is -2.29. The summed E-state index contributed by atoms with van der Waals surface area (Å²) in [6, 6.07) is 11.2. The molecule has 0 bridgehead atoms. The van der Waals surface area contributed by atoms with E-state index in [9.17, 15) is 13.2 Å². The molecular weight excluding hydrogens is 384 g/mol. The van der Waals surface area contributed by atoms with Crippen LogP contribution in [0, 0.1) is 13.8 Å². The van der Waals surface area contributed by atoms with Crippen LogP contribution in [-0.2, 0) is 14.8 Å². The first-order valence-electron chi connectivity index (χ1n) is 8.63. The Morgan fingerprint density at radius 3 is 2.19 bits per heavy atom. The Bertz CT molecular complexity index is 927. The summed E-state index contributed by atoms with van der Waals surface area (Å²) in [6.45, 7) is 7.46. The molecule has 1 N–H and O–H groups in total. The van der Waals surface area contributed by atoms with E-state index in [0.29, 0.717) is 10.7 Å². The van der Waals surface area contributed by atoms with Crippen molar-refractivity contribution in [3.8, 4) is 0 Å². The molecule has 0 unspecified atom stereocenters. The van der Waals surface area contributed by atoms with Crippen LogP contribution in [0.25, 0.3) is 0 Å². The zero-order chi connectivity index (χ0) is 20.4. The molecule has 1 amide bonds. The minimum atomic E-state index is -3.66. The van der Waals surface area contributed by atoms with E-state index in [4.69, 9.17) is 11.6 Å². The normalized spacial score (nSPS) is 13.7. The summed E-state index contributed by atoms with van der Waals surface area (Å²) >= 11 is 5.89. The predicted octanol–water partition coefficient (Wildman–Crippen LogP) is 3.99. The highest BCUT2D eigenvalue weighted by atomic mass is 35.5. The first-order chi connectivity index (χ1) is 12.5. The molecule has 0 aromatic heterocycles. The molecule has 7 heteroatoms. The number of nitrogens with one attached hydrogen (secondary N) is 1. The van der Waals surface area contributed by atoms with Crippen LogP contribution in [0.15, 0.2) is 42.5 Å². The van der Waals surface area contributed by atoms with Crippen LogP contribution in [0.5, 0.6) is 0 Å². The molecule has 0 aliphatic rings.